The molecular weight excluding hydrogens is 396 g/mol. The van der Waals surface area contributed by atoms with Crippen molar-refractivity contribution in [2.75, 3.05) is 25.0 Å². The molecule has 1 aliphatic rings. The number of carbonyl (C=O) groups excluding carboxylic acids is 1. The Morgan fingerprint density at radius 3 is 2.68 bits per heavy atom. The number of nitrogens with one attached hydrogen (secondary N) is 1. The van der Waals surface area contributed by atoms with Gasteiger partial charge in [-0.3, -0.25) is 4.79 Å². The zero-order valence-electron chi connectivity index (χ0n) is 16.0. The molecule has 0 bridgehead atoms. The number of hydrogen-bond acceptors (Lipinski definition) is 5. The van der Waals surface area contributed by atoms with Gasteiger partial charge in [-0.15, -0.1) is 11.3 Å². The Hall–Kier alpha value is -2.16. The van der Waals surface area contributed by atoms with Gasteiger partial charge in [0.2, 0.25) is 15.9 Å². The Morgan fingerprint density at radius 2 is 2.04 bits per heavy atom. The molecule has 6 nitrogen and oxygen atoms in total. The molecule has 28 heavy (non-hydrogen) atoms. The summed E-state index contributed by atoms with van der Waals surface area (Å²) in [5, 5.41) is 4.70. The lowest BCUT2D eigenvalue weighted by Crippen LogP contribution is -2.28. The van der Waals surface area contributed by atoms with Crippen molar-refractivity contribution in [3.05, 3.63) is 46.2 Å². The number of hydrogen-bond donors (Lipinski definition) is 1. The second kappa shape index (κ2) is 8.89. The van der Waals surface area contributed by atoms with Gasteiger partial charge >= 0.3 is 0 Å². The lowest BCUT2D eigenvalue weighted by atomic mass is 10.2. The third kappa shape index (κ3) is 4.63. The highest BCUT2D eigenvalue weighted by Crippen LogP contribution is 2.31. The standard InChI is InChI=1S/C20H24N2O4S2/c1-3-26-17-7-6-16(14-19(17)28(24,25)22-11-4-5-12-22)21-20(23)9-8-18-15(2)10-13-27-18/h6-10,13-14H,3-5,11-12H2,1-2H3,(H,21,23)/b9-8+. The van der Waals surface area contributed by atoms with Crippen LogP contribution in [0, 0.1) is 6.92 Å². The number of nitrogens with zero attached hydrogens (tertiary/aromatic N) is 1. The Balaban J connectivity index is 1.83. The van der Waals surface area contributed by atoms with Crippen molar-refractivity contribution in [1.82, 2.24) is 4.31 Å². The predicted molar refractivity (Wildman–Crippen MR) is 112 cm³/mol. The summed E-state index contributed by atoms with van der Waals surface area (Å²) in [5.41, 5.74) is 1.52. The van der Waals surface area contributed by atoms with Crippen LogP contribution in [0.5, 0.6) is 5.75 Å². The largest absolute Gasteiger partial charge is 0.492 e. The molecule has 1 fully saturated rings. The summed E-state index contributed by atoms with van der Waals surface area (Å²) >= 11 is 1.56. The van der Waals surface area contributed by atoms with Crippen LogP contribution in [0.1, 0.15) is 30.2 Å². The van der Waals surface area contributed by atoms with Gasteiger partial charge in [-0.05, 0) is 68.0 Å². The van der Waals surface area contributed by atoms with E-state index < -0.39 is 10.0 Å². The molecule has 1 amide bonds. The average Bonchev–Trinajstić information content (AvgIpc) is 3.33. The van der Waals surface area contributed by atoms with Gasteiger partial charge in [-0.25, -0.2) is 8.42 Å². The first-order valence-electron chi connectivity index (χ1n) is 9.22. The molecule has 1 saturated heterocycles. The van der Waals surface area contributed by atoms with Gasteiger partial charge in [0.15, 0.2) is 0 Å². The Labute approximate surface area is 169 Å². The number of aryl methyl sites for hydroxylation is 1. The third-order valence-corrected chi connectivity index (χ3v) is 7.39. The van der Waals surface area contributed by atoms with Crippen LogP contribution in [0.3, 0.4) is 0 Å². The maximum absolute atomic E-state index is 13.0. The number of rotatable bonds is 7. The monoisotopic (exact) mass is 420 g/mol. The molecule has 0 saturated carbocycles. The predicted octanol–water partition coefficient (Wildman–Crippen LogP) is 3.89. The minimum atomic E-state index is -3.66. The van der Waals surface area contributed by atoms with Crippen molar-refractivity contribution in [3.63, 3.8) is 0 Å². The minimum Gasteiger partial charge on any atom is -0.492 e. The van der Waals surface area contributed by atoms with Crippen LogP contribution >= 0.6 is 11.3 Å². The number of carbonyl (C=O) groups is 1. The first kappa shape index (κ1) is 20.6. The molecule has 1 aliphatic heterocycles. The topological polar surface area (TPSA) is 75.7 Å². The van der Waals surface area contributed by atoms with Crippen LogP contribution in [0.2, 0.25) is 0 Å². The number of sulfonamides is 1. The van der Waals surface area contributed by atoms with Crippen LogP contribution in [0.15, 0.2) is 40.6 Å². The summed E-state index contributed by atoms with van der Waals surface area (Å²) < 4.78 is 33.0. The van der Waals surface area contributed by atoms with E-state index >= 15 is 0 Å². The molecule has 0 radical (unpaired) electrons. The van der Waals surface area contributed by atoms with Gasteiger partial charge in [0.05, 0.1) is 6.61 Å². The Bertz CT molecular complexity index is 974. The van der Waals surface area contributed by atoms with Crippen molar-refractivity contribution >= 4 is 39.0 Å². The van der Waals surface area contributed by atoms with E-state index in [0.717, 1.165) is 23.3 Å². The molecule has 1 N–H and O–H groups in total. The molecular formula is C20H24N2O4S2. The fourth-order valence-corrected chi connectivity index (χ4v) is 5.51. The molecule has 2 aromatic rings. The molecule has 0 aliphatic carbocycles. The summed E-state index contributed by atoms with van der Waals surface area (Å²) in [5.74, 6) is -0.0152. The summed E-state index contributed by atoms with van der Waals surface area (Å²) in [6.07, 6.45) is 4.91. The maximum Gasteiger partial charge on any atom is 0.248 e. The van der Waals surface area contributed by atoms with E-state index in [4.69, 9.17) is 4.74 Å². The fourth-order valence-electron chi connectivity index (χ4n) is 3.02. The van der Waals surface area contributed by atoms with Gasteiger partial charge in [0.1, 0.15) is 10.6 Å². The zero-order valence-corrected chi connectivity index (χ0v) is 17.6. The molecule has 0 atom stereocenters. The first-order valence-corrected chi connectivity index (χ1v) is 11.5. The first-order chi connectivity index (χ1) is 13.4. The highest BCUT2D eigenvalue weighted by Gasteiger charge is 2.30. The van der Waals surface area contributed by atoms with E-state index in [1.54, 1.807) is 36.5 Å². The Kier molecular flexibility index (Phi) is 6.53. The summed E-state index contributed by atoms with van der Waals surface area (Å²) in [6.45, 7) is 5.16. The normalized spacial score (nSPS) is 15.2. The lowest BCUT2D eigenvalue weighted by molar-refractivity contribution is -0.111. The molecule has 1 aromatic carbocycles. The van der Waals surface area contributed by atoms with E-state index in [2.05, 4.69) is 5.32 Å². The van der Waals surface area contributed by atoms with Gasteiger partial charge in [0, 0.05) is 29.7 Å². The van der Waals surface area contributed by atoms with Crippen molar-refractivity contribution in [3.8, 4) is 5.75 Å². The highest BCUT2D eigenvalue weighted by molar-refractivity contribution is 7.89. The molecule has 3 rings (SSSR count). The summed E-state index contributed by atoms with van der Waals surface area (Å²) in [7, 11) is -3.66. The summed E-state index contributed by atoms with van der Waals surface area (Å²) in [4.78, 5) is 13.4. The van der Waals surface area contributed by atoms with E-state index in [-0.39, 0.29) is 10.8 Å². The van der Waals surface area contributed by atoms with E-state index in [1.165, 1.54) is 16.4 Å². The molecule has 1 aromatic heterocycles. The Morgan fingerprint density at radius 1 is 1.29 bits per heavy atom. The number of benzene rings is 1. The fraction of sp³-hybridized carbons (Fsp3) is 0.350. The van der Waals surface area contributed by atoms with Crippen molar-refractivity contribution in [2.24, 2.45) is 0 Å². The molecule has 2 heterocycles. The lowest BCUT2D eigenvalue weighted by Gasteiger charge is -2.19. The van der Waals surface area contributed by atoms with Crippen molar-refractivity contribution in [2.45, 2.75) is 31.6 Å². The van der Waals surface area contributed by atoms with E-state index in [0.29, 0.717) is 31.1 Å². The second-order valence-electron chi connectivity index (χ2n) is 6.50. The molecule has 0 unspecified atom stereocenters. The van der Waals surface area contributed by atoms with Crippen LogP contribution < -0.4 is 10.1 Å². The third-order valence-electron chi connectivity index (χ3n) is 4.48. The van der Waals surface area contributed by atoms with Crippen LogP contribution in [0.4, 0.5) is 5.69 Å². The van der Waals surface area contributed by atoms with Crippen molar-refractivity contribution < 1.29 is 17.9 Å². The van der Waals surface area contributed by atoms with Gasteiger partial charge in [-0.2, -0.15) is 4.31 Å². The van der Waals surface area contributed by atoms with E-state index in [9.17, 15) is 13.2 Å². The van der Waals surface area contributed by atoms with Crippen LogP contribution in [0.25, 0.3) is 6.08 Å². The molecule has 0 spiro atoms. The smallest absolute Gasteiger partial charge is 0.248 e. The summed E-state index contributed by atoms with van der Waals surface area (Å²) in [6, 6.07) is 6.70. The zero-order chi connectivity index (χ0) is 20.1. The molecule has 150 valence electrons. The van der Waals surface area contributed by atoms with Crippen LogP contribution in [-0.2, 0) is 14.8 Å². The quantitative estimate of drug-likeness (QED) is 0.690. The number of ether oxygens (including phenoxy) is 1. The minimum absolute atomic E-state index is 0.0899. The van der Waals surface area contributed by atoms with Gasteiger partial charge in [-0.1, -0.05) is 0 Å². The maximum atomic E-state index is 13.0. The number of anilines is 1. The number of amides is 1. The van der Waals surface area contributed by atoms with Crippen LogP contribution in [-0.4, -0.2) is 38.3 Å². The second-order valence-corrected chi connectivity index (χ2v) is 9.35. The molecule has 8 heteroatoms. The highest BCUT2D eigenvalue weighted by atomic mass is 32.2. The van der Waals surface area contributed by atoms with Gasteiger partial charge in [0.25, 0.3) is 0 Å². The van der Waals surface area contributed by atoms with Gasteiger partial charge < -0.3 is 10.1 Å². The van der Waals surface area contributed by atoms with Crippen molar-refractivity contribution in [1.29, 1.82) is 0 Å². The van der Waals surface area contributed by atoms with E-state index in [1.807, 2.05) is 18.4 Å². The number of thiophene rings is 1. The SMILES string of the molecule is CCOc1ccc(NC(=O)/C=C/c2sccc2C)cc1S(=O)(=O)N1CCCC1. The average molecular weight is 421 g/mol.